The van der Waals surface area contributed by atoms with Crippen LogP contribution in [0.25, 0.3) is 0 Å². The lowest BCUT2D eigenvalue weighted by Crippen LogP contribution is -2.41. The van der Waals surface area contributed by atoms with Crippen molar-refractivity contribution in [3.05, 3.63) is 12.4 Å². The maximum atomic E-state index is 11.8. The van der Waals surface area contributed by atoms with E-state index in [4.69, 9.17) is 0 Å². The molecule has 1 fully saturated rings. The van der Waals surface area contributed by atoms with E-state index in [1.54, 1.807) is 0 Å². The van der Waals surface area contributed by atoms with Gasteiger partial charge in [0.05, 0.1) is 6.20 Å². The highest BCUT2D eigenvalue weighted by atomic mass is 32.2. The van der Waals surface area contributed by atoms with E-state index in [0.29, 0.717) is 18.5 Å². The molecule has 6 nitrogen and oxygen atoms in total. The van der Waals surface area contributed by atoms with Gasteiger partial charge in [-0.15, -0.1) is 0 Å². The second-order valence-corrected chi connectivity index (χ2v) is 6.31. The van der Waals surface area contributed by atoms with Gasteiger partial charge in [0.25, 0.3) is 0 Å². The third kappa shape index (κ3) is 3.27. The summed E-state index contributed by atoms with van der Waals surface area (Å²) in [4.78, 5) is 0.189. The van der Waals surface area contributed by atoms with Gasteiger partial charge < -0.3 is 5.32 Å². The van der Waals surface area contributed by atoms with Crippen molar-refractivity contribution >= 4 is 10.0 Å². The number of aromatic amines is 1. The molecule has 0 aliphatic carbocycles. The van der Waals surface area contributed by atoms with Gasteiger partial charge in [-0.1, -0.05) is 0 Å². The molecule has 0 radical (unpaired) electrons. The minimum atomic E-state index is -3.40. The number of hydrogen-bond acceptors (Lipinski definition) is 4. The zero-order chi connectivity index (χ0) is 12.3. The monoisotopic (exact) mass is 258 g/mol. The first-order chi connectivity index (χ1) is 8.08. The van der Waals surface area contributed by atoms with Crippen LogP contribution in [0, 0.1) is 5.92 Å². The maximum Gasteiger partial charge on any atom is 0.243 e. The summed E-state index contributed by atoms with van der Waals surface area (Å²) in [6.45, 7) is 3.49. The van der Waals surface area contributed by atoms with Gasteiger partial charge in [0.2, 0.25) is 10.0 Å². The highest BCUT2D eigenvalue weighted by Gasteiger charge is 2.21. The van der Waals surface area contributed by atoms with Crippen LogP contribution in [-0.4, -0.2) is 37.7 Å². The number of hydrogen-bond donors (Lipinski definition) is 3. The van der Waals surface area contributed by atoms with Gasteiger partial charge in [0, 0.05) is 18.8 Å². The van der Waals surface area contributed by atoms with Crippen LogP contribution in [0.2, 0.25) is 0 Å². The zero-order valence-corrected chi connectivity index (χ0v) is 10.6. The lowest BCUT2D eigenvalue weighted by Gasteiger charge is -2.27. The van der Waals surface area contributed by atoms with Crippen molar-refractivity contribution in [1.82, 2.24) is 20.2 Å². The van der Waals surface area contributed by atoms with Crippen LogP contribution in [0.15, 0.2) is 17.3 Å². The summed E-state index contributed by atoms with van der Waals surface area (Å²) in [5.41, 5.74) is 0. The zero-order valence-electron chi connectivity index (χ0n) is 9.81. The van der Waals surface area contributed by atoms with Crippen LogP contribution >= 0.6 is 0 Å². The number of H-pyrrole nitrogens is 1. The largest absolute Gasteiger partial charge is 0.314 e. The summed E-state index contributed by atoms with van der Waals surface area (Å²) in [7, 11) is -3.40. The summed E-state index contributed by atoms with van der Waals surface area (Å²) < 4.78 is 26.2. The number of piperidine rings is 1. The van der Waals surface area contributed by atoms with Gasteiger partial charge in [-0.2, -0.15) is 5.10 Å². The Bertz CT molecular complexity index is 435. The fourth-order valence-corrected chi connectivity index (χ4v) is 2.95. The third-order valence-electron chi connectivity index (χ3n) is 3.11. The van der Waals surface area contributed by atoms with Crippen molar-refractivity contribution < 1.29 is 8.42 Å². The lowest BCUT2D eigenvalue weighted by atomic mass is 9.96. The van der Waals surface area contributed by atoms with E-state index in [1.165, 1.54) is 12.4 Å². The molecule has 96 valence electrons. The first kappa shape index (κ1) is 12.5. The molecule has 1 aromatic heterocycles. The van der Waals surface area contributed by atoms with Gasteiger partial charge in [-0.25, -0.2) is 13.1 Å². The van der Waals surface area contributed by atoms with Crippen LogP contribution in [-0.2, 0) is 10.0 Å². The quantitative estimate of drug-likeness (QED) is 0.713. The normalized spacial score (nSPS) is 25.9. The predicted octanol–water partition coefficient (Wildman–Crippen LogP) is 0.0761. The Kier molecular flexibility index (Phi) is 3.80. The molecule has 1 aliphatic heterocycles. The van der Waals surface area contributed by atoms with Crippen LogP contribution in [0.3, 0.4) is 0 Å². The molecule has 1 aliphatic rings. The molecule has 0 saturated carbocycles. The van der Waals surface area contributed by atoms with Crippen molar-refractivity contribution in [2.24, 2.45) is 5.92 Å². The second-order valence-electron chi connectivity index (χ2n) is 4.54. The minimum Gasteiger partial charge on any atom is -0.314 e. The Balaban J connectivity index is 1.86. The molecule has 2 unspecified atom stereocenters. The van der Waals surface area contributed by atoms with E-state index in [1.807, 2.05) is 0 Å². The summed E-state index contributed by atoms with van der Waals surface area (Å²) in [5, 5.41) is 9.48. The smallest absolute Gasteiger partial charge is 0.243 e. The van der Waals surface area contributed by atoms with Crippen molar-refractivity contribution in [1.29, 1.82) is 0 Å². The maximum absolute atomic E-state index is 11.8. The van der Waals surface area contributed by atoms with Gasteiger partial charge in [-0.3, -0.25) is 5.10 Å². The number of nitrogens with one attached hydrogen (secondary N) is 3. The molecule has 0 amide bonds. The lowest BCUT2D eigenvalue weighted by molar-refractivity contribution is 0.323. The number of nitrogens with zero attached hydrogens (tertiary/aromatic N) is 1. The topological polar surface area (TPSA) is 86.9 Å². The number of rotatable bonds is 4. The Hall–Kier alpha value is -0.920. The summed E-state index contributed by atoms with van der Waals surface area (Å²) in [6.07, 6.45) is 4.84. The fourth-order valence-electron chi connectivity index (χ4n) is 1.93. The Morgan fingerprint density at radius 2 is 2.35 bits per heavy atom. The molecular weight excluding hydrogens is 240 g/mol. The Morgan fingerprint density at radius 3 is 2.94 bits per heavy atom. The average molecular weight is 258 g/mol. The molecular formula is C10H18N4O2S. The first-order valence-corrected chi connectivity index (χ1v) is 7.28. The summed E-state index contributed by atoms with van der Waals surface area (Å²) in [5.74, 6) is 0.368. The predicted molar refractivity (Wildman–Crippen MR) is 64.0 cm³/mol. The molecule has 2 rings (SSSR count). The highest BCUT2D eigenvalue weighted by Crippen LogP contribution is 2.14. The Morgan fingerprint density at radius 1 is 1.53 bits per heavy atom. The molecule has 0 spiro atoms. The Labute approximate surface area is 101 Å². The van der Waals surface area contributed by atoms with Gasteiger partial charge in [0.1, 0.15) is 4.90 Å². The first-order valence-electron chi connectivity index (χ1n) is 5.80. The van der Waals surface area contributed by atoms with Crippen LogP contribution in [0.4, 0.5) is 0 Å². The van der Waals surface area contributed by atoms with Crippen molar-refractivity contribution in [2.75, 3.05) is 13.1 Å². The van der Waals surface area contributed by atoms with Crippen LogP contribution < -0.4 is 10.0 Å². The average Bonchev–Trinajstić information content (AvgIpc) is 2.82. The molecule has 1 saturated heterocycles. The van der Waals surface area contributed by atoms with Crippen molar-refractivity contribution in [2.45, 2.75) is 30.7 Å². The van der Waals surface area contributed by atoms with E-state index in [9.17, 15) is 8.42 Å². The summed E-state index contributed by atoms with van der Waals surface area (Å²) in [6, 6.07) is 0.539. The molecule has 0 aromatic carbocycles. The third-order valence-corrected chi connectivity index (χ3v) is 4.50. The van der Waals surface area contributed by atoms with Crippen molar-refractivity contribution in [3.63, 3.8) is 0 Å². The second kappa shape index (κ2) is 5.16. The van der Waals surface area contributed by atoms with Crippen LogP contribution in [0.1, 0.15) is 19.8 Å². The molecule has 2 heterocycles. The molecule has 2 atom stereocenters. The van der Waals surface area contributed by atoms with E-state index in [2.05, 4.69) is 27.2 Å². The molecule has 17 heavy (non-hydrogen) atoms. The van der Waals surface area contributed by atoms with E-state index >= 15 is 0 Å². The minimum absolute atomic E-state index is 0.189. The molecule has 7 heteroatoms. The summed E-state index contributed by atoms with van der Waals surface area (Å²) >= 11 is 0. The van der Waals surface area contributed by atoms with Crippen molar-refractivity contribution in [3.8, 4) is 0 Å². The van der Waals surface area contributed by atoms with E-state index in [0.717, 1.165) is 19.4 Å². The highest BCUT2D eigenvalue weighted by molar-refractivity contribution is 7.89. The standard InChI is InChI=1S/C10H18N4O2S/c1-8-2-3-9(4-11-8)5-14-17(15,16)10-6-12-13-7-10/h6-9,11,14H,2-5H2,1H3,(H,12,13). The van der Waals surface area contributed by atoms with Gasteiger partial charge in [0.15, 0.2) is 0 Å². The fraction of sp³-hybridized carbons (Fsp3) is 0.700. The van der Waals surface area contributed by atoms with Crippen LogP contribution in [0.5, 0.6) is 0 Å². The molecule has 1 aromatic rings. The SMILES string of the molecule is CC1CCC(CNS(=O)(=O)c2cn[nH]c2)CN1. The number of sulfonamides is 1. The molecule has 3 N–H and O–H groups in total. The van der Waals surface area contributed by atoms with E-state index < -0.39 is 10.0 Å². The van der Waals surface area contributed by atoms with Gasteiger partial charge >= 0.3 is 0 Å². The van der Waals surface area contributed by atoms with Gasteiger partial charge in [-0.05, 0) is 32.2 Å². The van der Waals surface area contributed by atoms with E-state index in [-0.39, 0.29) is 4.90 Å². The number of aromatic nitrogens is 2. The molecule has 0 bridgehead atoms.